The van der Waals surface area contributed by atoms with Gasteiger partial charge >= 0.3 is 0 Å². The van der Waals surface area contributed by atoms with E-state index in [1.165, 1.54) is 13.2 Å². The van der Waals surface area contributed by atoms with Crippen molar-refractivity contribution in [3.63, 3.8) is 0 Å². The molecule has 0 radical (unpaired) electrons. The van der Waals surface area contributed by atoms with Crippen molar-refractivity contribution >= 4 is 40.9 Å². The Bertz CT molecular complexity index is 1490. The molecule has 0 fully saturated rings. The van der Waals surface area contributed by atoms with Gasteiger partial charge in [-0.1, -0.05) is 53.5 Å². The second kappa shape index (κ2) is 13.4. The fourth-order valence-electron chi connectivity index (χ4n) is 3.53. The molecule has 0 saturated carbocycles. The summed E-state index contributed by atoms with van der Waals surface area (Å²) in [6, 6.07) is 28.8. The van der Waals surface area contributed by atoms with E-state index in [1.807, 2.05) is 30.3 Å². The van der Waals surface area contributed by atoms with E-state index in [2.05, 4.69) is 5.32 Å². The molecule has 0 aromatic heterocycles. The average Bonchev–Trinajstić information content (AvgIpc) is 2.96. The Morgan fingerprint density at radius 1 is 0.821 bits per heavy atom. The molecule has 0 unspecified atom stereocenters. The Hall–Kier alpha value is -4.44. The first-order valence-corrected chi connectivity index (χ1v) is 12.6. The third-order valence-corrected chi connectivity index (χ3v) is 6.11. The largest absolute Gasteiger partial charge is 0.493 e. The molecule has 0 aliphatic heterocycles. The van der Waals surface area contributed by atoms with Crippen LogP contribution in [0, 0.1) is 11.3 Å². The van der Waals surface area contributed by atoms with Crippen molar-refractivity contribution in [3.8, 4) is 23.3 Å². The van der Waals surface area contributed by atoms with Crippen LogP contribution >= 0.6 is 23.2 Å². The molecule has 4 aromatic carbocycles. The second-order valence-corrected chi connectivity index (χ2v) is 9.26. The van der Waals surface area contributed by atoms with Crippen LogP contribution in [0.1, 0.15) is 16.7 Å². The van der Waals surface area contributed by atoms with Crippen molar-refractivity contribution in [2.24, 2.45) is 0 Å². The fourth-order valence-corrected chi connectivity index (χ4v) is 3.78. The molecule has 0 aliphatic rings. The molecule has 39 heavy (non-hydrogen) atoms. The molecular formula is C31H24Cl2N2O4. The average molecular weight is 559 g/mol. The molecule has 0 aliphatic carbocycles. The van der Waals surface area contributed by atoms with E-state index in [0.717, 1.165) is 11.1 Å². The number of nitrogens with one attached hydrogen (secondary N) is 1. The van der Waals surface area contributed by atoms with Gasteiger partial charge in [-0.2, -0.15) is 5.26 Å². The summed E-state index contributed by atoms with van der Waals surface area (Å²) in [5.41, 5.74) is 3.02. The van der Waals surface area contributed by atoms with Crippen LogP contribution in [-0.2, 0) is 18.0 Å². The van der Waals surface area contributed by atoms with Gasteiger partial charge in [0, 0.05) is 15.7 Å². The van der Waals surface area contributed by atoms with Crippen LogP contribution in [0.15, 0.2) is 96.6 Å². The zero-order valence-electron chi connectivity index (χ0n) is 21.0. The lowest BCUT2D eigenvalue weighted by atomic mass is 10.1. The number of halogens is 2. The van der Waals surface area contributed by atoms with E-state index in [1.54, 1.807) is 66.7 Å². The lowest BCUT2D eigenvalue weighted by Crippen LogP contribution is -2.13. The van der Waals surface area contributed by atoms with E-state index in [0.29, 0.717) is 51.8 Å². The number of benzene rings is 4. The monoisotopic (exact) mass is 558 g/mol. The molecule has 6 nitrogen and oxygen atoms in total. The highest BCUT2D eigenvalue weighted by Crippen LogP contribution is 2.30. The topological polar surface area (TPSA) is 80.6 Å². The molecule has 1 amide bonds. The van der Waals surface area contributed by atoms with Crippen molar-refractivity contribution in [1.82, 2.24) is 0 Å². The summed E-state index contributed by atoms with van der Waals surface area (Å²) in [6.07, 6.45) is 1.49. The molecule has 1 N–H and O–H groups in total. The van der Waals surface area contributed by atoms with Crippen LogP contribution in [0.25, 0.3) is 6.08 Å². The van der Waals surface area contributed by atoms with Crippen molar-refractivity contribution in [3.05, 3.63) is 123 Å². The fraction of sp³-hybridized carbons (Fsp3) is 0.0968. The molecule has 4 aromatic rings. The zero-order valence-corrected chi connectivity index (χ0v) is 22.5. The molecule has 196 valence electrons. The Balaban J connectivity index is 1.37. The molecule has 0 bridgehead atoms. The predicted octanol–water partition coefficient (Wildman–Crippen LogP) is 7.71. The number of hydrogen-bond donors (Lipinski definition) is 1. The molecule has 0 saturated heterocycles. The van der Waals surface area contributed by atoms with E-state index in [9.17, 15) is 10.1 Å². The van der Waals surface area contributed by atoms with Gasteiger partial charge in [0.05, 0.1) is 7.11 Å². The maximum absolute atomic E-state index is 12.8. The summed E-state index contributed by atoms with van der Waals surface area (Å²) in [5, 5.41) is 13.7. The molecule has 0 heterocycles. The number of methoxy groups -OCH3 is 1. The summed E-state index contributed by atoms with van der Waals surface area (Å²) in [5.74, 6) is 1.12. The maximum atomic E-state index is 12.8. The lowest BCUT2D eigenvalue weighted by molar-refractivity contribution is -0.112. The summed E-state index contributed by atoms with van der Waals surface area (Å²) in [4.78, 5) is 12.8. The number of carbonyl (C=O) groups excluding carboxylic acids is 1. The number of ether oxygens (including phenoxy) is 3. The number of anilines is 1. The zero-order chi connectivity index (χ0) is 27.6. The van der Waals surface area contributed by atoms with E-state index < -0.39 is 5.91 Å². The van der Waals surface area contributed by atoms with Crippen LogP contribution in [0.3, 0.4) is 0 Å². The summed E-state index contributed by atoms with van der Waals surface area (Å²) >= 11 is 11.8. The molecule has 0 atom stereocenters. The van der Waals surface area contributed by atoms with E-state index in [4.69, 9.17) is 37.4 Å². The van der Waals surface area contributed by atoms with Crippen molar-refractivity contribution in [2.75, 3.05) is 12.4 Å². The van der Waals surface area contributed by atoms with Crippen LogP contribution in [0.4, 0.5) is 5.69 Å². The highest BCUT2D eigenvalue weighted by Gasteiger charge is 2.12. The van der Waals surface area contributed by atoms with Gasteiger partial charge in [0.25, 0.3) is 5.91 Å². The number of nitrogens with zero attached hydrogens (tertiary/aromatic N) is 1. The predicted molar refractivity (Wildman–Crippen MR) is 153 cm³/mol. The Morgan fingerprint density at radius 3 is 1.97 bits per heavy atom. The standard InChI is InChI=1S/C31H24Cl2N2O4/c1-37-30-17-23(6-15-29(30)39-20-22-4-9-26(33)10-5-22)16-24(18-34)31(36)35-27-11-13-28(14-12-27)38-19-21-2-7-25(32)8-3-21/h2-17H,19-20H2,1H3,(H,35,36)/b24-16+. The number of rotatable bonds is 10. The highest BCUT2D eigenvalue weighted by molar-refractivity contribution is 6.30. The van der Waals surface area contributed by atoms with Crippen LogP contribution in [0.2, 0.25) is 10.0 Å². The summed E-state index contributed by atoms with van der Waals surface area (Å²) < 4.78 is 17.1. The molecule has 0 spiro atoms. The third-order valence-electron chi connectivity index (χ3n) is 5.60. The normalized spacial score (nSPS) is 10.9. The van der Waals surface area contributed by atoms with Gasteiger partial charge in [0.15, 0.2) is 11.5 Å². The smallest absolute Gasteiger partial charge is 0.266 e. The van der Waals surface area contributed by atoms with Gasteiger partial charge in [-0.3, -0.25) is 4.79 Å². The summed E-state index contributed by atoms with van der Waals surface area (Å²) in [7, 11) is 1.53. The minimum absolute atomic E-state index is 0.0602. The first-order chi connectivity index (χ1) is 18.9. The van der Waals surface area contributed by atoms with E-state index >= 15 is 0 Å². The maximum Gasteiger partial charge on any atom is 0.266 e. The van der Waals surface area contributed by atoms with Gasteiger partial charge in [0.2, 0.25) is 0 Å². The van der Waals surface area contributed by atoms with Crippen LogP contribution < -0.4 is 19.5 Å². The number of hydrogen-bond acceptors (Lipinski definition) is 5. The lowest BCUT2D eigenvalue weighted by Gasteiger charge is -2.12. The van der Waals surface area contributed by atoms with Crippen molar-refractivity contribution < 1.29 is 19.0 Å². The number of carbonyl (C=O) groups is 1. The van der Waals surface area contributed by atoms with Crippen LogP contribution in [-0.4, -0.2) is 13.0 Å². The first-order valence-electron chi connectivity index (χ1n) is 11.9. The van der Waals surface area contributed by atoms with Gasteiger partial charge in [-0.05, 0) is 83.4 Å². The van der Waals surface area contributed by atoms with Crippen molar-refractivity contribution in [1.29, 1.82) is 5.26 Å². The van der Waals surface area contributed by atoms with Crippen molar-refractivity contribution in [2.45, 2.75) is 13.2 Å². The minimum Gasteiger partial charge on any atom is -0.493 e. The highest BCUT2D eigenvalue weighted by atomic mass is 35.5. The Morgan fingerprint density at radius 2 is 1.41 bits per heavy atom. The molecule has 4 rings (SSSR count). The minimum atomic E-state index is -0.533. The first kappa shape index (κ1) is 27.6. The second-order valence-electron chi connectivity index (χ2n) is 8.39. The quantitative estimate of drug-likeness (QED) is 0.159. The van der Waals surface area contributed by atoms with Gasteiger partial charge in [-0.25, -0.2) is 0 Å². The third kappa shape index (κ3) is 8.02. The SMILES string of the molecule is COc1cc(/C=C(\C#N)C(=O)Nc2ccc(OCc3ccc(Cl)cc3)cc2)ccc1OCc1ccc(Cl)cc1. The van der Waals surface area contributed by atoms with Crippen LogP contribution in [0.5, 0.6) is 17.2 Å². The van der Waals surface area contributed by atoms with Gasteiger partial charge in [0.1, 0.15) is 30.6 Å². The number of amides is 1. The Kier molecular flexibility index (Phi) is 9.47. The van der Waals surface area contributed by atoms with Gasteiger partial charge < -0.3 is 19.5 Å². The number of nitriles is 1. The summed E-state index contributed by atoms with van der Waals surface area (Å²) in [6.45, 7) is 0.720. The molecular weight excluding hydrogens is 535 g/mol. The Labute approximate surface area is 237 Å². The van der Waals surface area contributed by atoms with Gasteiger partial charge in [-0.15, -0.1) is 0 Å². The van der Waals surface area contributed by atoms with E-state index in [-0.39, 0.29) is 5.57 Å². The molecule has 8 heteroatoms.